The molecule has 0 atom stereocenters. The van der Waals surface area contributed by atoms with Gasteiger partial charge < -0.3 is 5.32 Å². The molecule has 3 rings (SSSR count). The van der Waals surface area contributed by atoms with Crippen molar-refractivity contribution in [3.05, 3.63) is 92.8 Å². The van der Waals surface area contributed by atoms with E-state index in [0.29, 0.717) is 16.1 Å². The number of hydrogen-bond acceptors (Lipinski definition) is 4. The van der Waals surface area contributed by atoms with E-state index >= 15 is 0 Å². The van der Waals surface area contributed by atoms with Gasteiger partial charge in [-0.25, -0.2) is 9.37 Å². The number of pyridine rings is 1. The highest BCUT2D eigenvalue weighted by Crippen LogP contribution is 2.22. The molecule has 0 fully saturated rings. The van der Waals surface area contributed by atoms with E-state index in [2.05, 4.69) is 15.3 Å². The Kier molecular flexibility index (Phi) is 7.15. The van der Waals surface area contributed by atoms with Crippen LogP contribution in [0.2, 0.25) is 10.0 Å². The van der Waals surface area contributed by atoms with Gasteiger partial charge in [0.1, 0.15) is 11.6 Å². The van der Waals surface area contributed by atoms with Crippen LogP contribution < -0.4 is 5.32 Å². The van der Waals surface area contributed by atoms with Crippen LogP contribution in [0.4, 0.5) is 10.2 Å². The van der Waals surface area contributed by atoms with Crippen molar-refractivity contribution in [1.82, 2.24) is 4.98 Å². The topological polar surface area (TPSA) is 71.4 Å². The Bertz CT molecular complexity index is 1180. The standard InChI is InChI=1S/C23H18Cl2FN3O2/c1-13(27-2)14-4-7-18(20(25)9-14)21(30)10-15-3-6-17(26)11-19(15)23(31)29-22-8-5-16(24)12-28-22/h3-9,11-12H,10H2,1-2H3,(H,28,29,31). The summed E-state index contributed by atoms with van der Waals surface area (Å²) in [4.78, 5) is 33.7. The van der Waals surface area contributed by atoms with Gasteiger partial charge in [-0.15, -0.1) is 0 Å². The zero-order chi connectivity index (χ0) is 22.5. The van der Waals surface area contributed by atoms with E-state index < -0.39 is 11.7 Å². The number of ketones is 1. The molecule has 0 aliphatic carbocycles. The molecule has 158 valence electrons. The molecule has 1 heterocycles. The fourth-order valence-electron chi connectivity index (χ4n) is 2.91. The van der Waals surface area contributed by atoms with Crippen LogP contribution in [0.3, 0.4) is 0 Å². The van der Waals surface area contributed by atoms with E-state index in [1.165, 1.54) is 24.4 Å². The summed E-state index contributed by atoms with van der Waals surface area (Å²) < 4.78 is 13.8. The number of rotatable bonds is 6. The molecule has 1 N–H and O–H groups in total. The minimum absolute atomic E-state index is 0.0341. The number of hydrogen-bond donors (Lipinski definition) is 1. The first-order valence-corrected chi connectivity index (χ1v) is 10.0. The fraction of sp³-hybridized carbons (Fsp3) is 0.130. The van der Waals surface area contributed by atoms with Crippen LogP contribution in [-0.2, 0) is 6.42 Å². The minimum Gasteiger partial charge on any atom is -0.307 e. The van der Waals surface area contributed by atoms with Crippen molar-refractivity contribution < 1.29 is 14.0 Å². The molecule has 0 radical (unpaired) electrons. The first-order chi connectivity index (χ1) is 14.8. The molecular formula is C23H18Cl2FN3O2. The zero-order valence-corrected chi connectivity index (χ0v) is 18.3. The van der Waals surface area contributed by atoms with Crippen LogP contribution >= 0.6 is 23.2 Å². The van der Waals surface area contributed by atoms with Crippen LogP contribution in [0.25, 0.3) is 0 Å². The molecule has 1 aromatic heterocycles. The van der Waals surface area contributed by atoms with E-state index in [-0.39, 0.29) is 28.6 Å². The summed E-state index contributed by atoms with van der Waals surface area (Å²) in [5, 5.41) is 3.27. The van der Waals surface area contributed by atoms with Crippen molar-refractivity contribution in [3.63, 3.8) is 0 Å². The van der Waals surface area contributed by atoms with E-state index in [9.17, 15) is 14.0 Å². The van der Waals surface area contributed by atoms with Crippen LogP contribution in [0.15, 0.2) is 59.7 Å². The number of carbonyl (C=O) groups is 2. The molecular weight excluding hydrogens is 440 g/mol. The molecule has 8 heteroatoms. The molecule has 5 nitrogen and oxygen atoms in total. The number of benzene rings is 2. The number of anilines is 1. The largest absolute Gasteiger partial charge is 0.307 e. The summed E-state index contributed by atoms with van der Waals surface area (Å²) in [7, 11) is 1.67. The summed E-state index contributed by atoms with van der Waals surface area (Å²) in [6, 6.07) is 11.8. The van der Waals surface area contributed by atoms with Gasteiger partial charge in [-0.05, 0) is 54.4 Å². The lowest BCUT2D eigenvalue weighted by Crippen LogP contribution is -2.17. The quantitative estimate of drug-likeness (QED) is 0.384. The molecule has 31 heavy (non-hydrogen) atoms. The highest BCUT2D eigenvalue weighted by atomic mass is 35.5. The van der Waals surface area contributed by atoms with Gasteiger partial charge in [0.15, 0.2) is 5.78 Å². The molecule has 1 amide bonds. The Labute approximate surface area is 188 Å². The summed E-state index contributed by atoms with van der Waals surface area (Å²) in [6.45, 7) is 1.84. The predicted octanol–water partition coefficient (Wildman–Crippen LogP) is 5.64. The second-order valence-electron chi connectivity index (χ2n) is 6.72. The van der Waals surface area contributed by atoms with Gasteiger partial charge in [0, 0.05) is 36.5 Å². The molecule has 0 aliphatic rings. The number of amides is 1. The average Bonchev–Trinajstić information content (AvgIpc) is 2.75. The third-order valence-corrected chi connectivity index (χ3v) is 5.20. The van der Waals surface area contributed by atoms with Gasteiger partial charge in [-0.1, -0.05) is 35.3 Å². The monoisotopic (exact) mass is 457 g/mol. The second-order valence-corrected chi connectivity index (χ2v) is 7.56. The maximum Gasteiger partial charge on any atom is 0.257 e. The summed E-state index contributed by atoms with van der Waals surface area (Å²) in [6.07, 6.45) is 1.25. The van der Waals surface area contributed by atoms with Crippen LogP contribution in [0.5, 0.6) is 0 Å². The van der Waals surface area contributed by atoms with E-state index in [4.69, 9.17) is 23.2 Å². The zero-order valence-electron chi connectivity index (χ0n) is 16.7. The first-order valence-electron chi connectivity index (χ1n) is 9.26. The summed E-state index contributed by atoms with van der Waals surface area (Å²) >= 11 is 12.1. The van der Waals surface area contributed by atoms with Crippen molar-refractivity contribution in [2.75, 3.05) is 12.4 Å². The maximum atomic E-state index is 13.8. The Morgan fingerprint density at radius 1 is 1.06 bits per heavy atom. The lowest BCUT2D eigenvalue weighted by molar-refractivity contribution is 0.0992. The third-order valence-electron chi connectivity index (χ3n) is 4.66. The van der Waals surface area contributed by atoms with Crippen LogP contribution in [0, 0.1) is 5.82 Å². The van der Waals surface area contributed by atoms with Crippen LogP contribution in [0.1, 0.15) is 38.8 Å². The number of nitrogens with zero attached hydrogens (tertiary/aromatic N) is 2. The van der Waals surface area contributed by atoms with Gasteiger partial charge in [0.05, 0.1) is 10.0 Å². The van der Waals surface area contributed by atoms with E-state index in [0.717, 1.165) is 17.3 Å². The van der Waals surface area contributed by atoms with Crippen LogP contribution in [-0.4, -0.2) is 29.4 Å². The number of nitrogens with one attached hydrogen (secondary N) is 1. The highest BCUT2D eigenvalue weighted by Gasteiger charge is 2.18. The summed E-state index contributed by atoms with van der Waals surface area (Å²) in [5.74, 6) is -1.23. The molecule has 0 saturated carbocycles. The molecule has 0 aliphatic heterocycles. The average molecular weight is 458 g/mol. The lowest BCUT2D eigenvalue weighted by Gasteiger charge is -2.11. The Balaban J connectivity index is 1.86. The molecule has 2 aromatic carbocycles. The van der Waals surface area contributed by atoms with Gasteiger partial charge in [0.25, 0.3) is 5.91 Å². The highest BCUT2D eigenvalue weighted by molar-refractivity contribution is 6.34. The maximum absolute atomic E-state index is 13.8. The number of aromatic nitrogens is 1. The van der Waals surface area contributed by atoms with Gasteiger partial charge >= 0.3 is 0 Å². The molecule has 3 aromatic rings. The Morgan fingerprint density at radius 2 is 1.84 bits per heavy atom. The number of halogens is 3. The lowest BCUT2D eigenvalue weighted by atomic mass is 9.97. The van der Waals surface area contributed by atoms with Crippen molar-refractivity contribution in [2.45, 2.75) is 13.3 Å². The molecule has 0 unspecified atom stereocenters. The predicted molar refractivity (Wildman–Crippen MR) is 121 cm³/mol. The van der Waals surface area contributed by atoms with Crippen molar-refractivity contribution >= 4 is 46.4 Å². The van der Waals surface area contributed by atoms with Crippen molar-refractivity contribution in [3.8, 4) is 0 Å². The molecule has 0 bridgehead atoms. The summed E-state index contributed by atoms with van der Waals surface area (Å²) in [5.41, 5.74) is 2.30. The molecule has 0 saturated heterocycles. The van der Waals surface area contributed by atoms with Crippen molar-refractivity contribution in [2.24, 2.45) is 4.99 Å². The minimum atomic E-state index is -0.595. The van der Waals surface area contributed by atoms with Crippen molar-refractivity contribution in [1.29, 1.82) is 0 Å². The van der Waals surface area contributed by atoms with Gasteiger partial charge in [0.2, 0.25) is 0 Å². The Morgan fingerprint density at radius 3 is 2.48 bits per heavy atom. The van der Waals surface area contributed by atoms with E-state index in [1.54, 1.807) is 31.3 Å². The fourth-order valence-corrected chi connectivity index (χ4v) is 3.31. The number of aliphatic imine (C=N–C) groups is 1. The van der Waals surface area contributed by atoms with Gasteiger partial charge in [-0.3, -0.25) is 14.6 Å². The number of Topliss-reactive ketones (excluding diaryl/α,β-unsaturated/α-hetero) is 1. The third kappa shape index (κ3) is 5.54. The first kappa shape index (κ1) is 22.6. The Hall–Kier alpha value is -3.09. The van der Waals surface area contributed by atoms with E-state index in [1.807, 2.05) is 6.92 Å². The smallest absolute Gasteiger partial charge is 0.257 e. The molecule has 0 spiro atoms. The number of carbonyl (C=O) groups excluding carboxylic acids is 2. The second kappa shape index (κ2) is 9.81. The SMILES string of the molecule is CN=C(C)c1ccc(C(=O)Cc2ccc(F)cc2C(=O)Nc2ccc(Cl)cn2)c(Cl)c1. The normalized spacial score (nSPS) is 11.3. The van der Waals surface area contributed by atoms with Gasteiger partial charge in [-0.2, -0.15) is 0 Å².